The Kier molecular flexibility index (Phi) is 5.99. The van der Waals surface area contributed by atoms with Crippen LogP contribution in [0.2, 0.25) is 0 Å². The third kappa shape index (κ3) is 4.34. The van der Waals surface area contributed by atoms with Gasteiger partial charge in [-0.1, -0.05) is 56.3 Å². The summed E-state index contributed by atoms with van der Waals surface area (Å²) in [6, 6.07) is 15.6. The van der Waals surface area contributed by atoms with Gasteiger partial charge < -0.3 is 20.1 Å². The van der Waals surface area contributed by atoms with E-state index in [4.69, 9.17) is 9.47 Å². The summed E-state index contributed by atoms with van der Waals surface area (Å²) in [5.41, 5.74) is 2.25. The van der Waals surface area contributed by atoms with Gasteiger partial charge >= 0.3 is 12.0 Å². The zero-order valence-corrected chi connectivity index (χ0v) is 16.2. The molecule has 28 heavy (non-hydrogen) atoms. The highest BCUT2D eigenvalue weighted by Gasteiger charge is 2.34. The summed E-state index contributed by atoms with van der Waals surface area (Å²) in [7, 11) is 1.33. The van der Waals surface area contributed by atoms with Crippen LogP contribution in [0.25, 0.3) is 5.70 Å². The Morgan fingerprint density at radius 3 is 2.54 bits per heavy atom. The molecule has 0 spiro atoms. The van der Waals surface area contributed by atoms with E-state index in [1.54, 1.807) is 0 Å². The SMILES string of the molecule is COC(=O)C1=C(c2ccccc2)NC(=O)NC1c1cccc(OCC(C)C)c1. The van der Waals surface area contributed by atoms with Crippen LogP contribution in [0, 0.1) is 5.92 Å². The van der Waals surface area contributed by atoms with Gasteiger partial charge in [-0.15, -0.1) is 0 Å². The molecule has 2 N–H and O–H groups in total. The van der Waals surface area contributed by atoms with Crippen LogP contribution in [0.3, 0.4) is 0 Å². The molecule has 2 aromatic rings. The van der Waals surface area contributed by atoms with Crippen LogP contribution in [-0.2, 0) is 9.53 Å². The van der Waals surface area contributed by atoms with Crippen molar-refractivity contribution >= 4 is 17.7 Å². The maximum Gasteiger partial charge on any atom is 0.338 e. The van der Waals surface area contributed by atoms with Gasteiger partial charge in [0.2, 0.25) is 0 Å². The van der Waals surface area contributed by atoms with Crippen molar-refractivity contribution in [2.24, 2.45) is 5.92 Å². The van der Waals surface area contributed by atoms with Crippen molar-refractivity contribution in [1.29, 1.82) is 0 Å². The Bertz CT molecular complexity index is 890. The molecule has 0 aromatic heterocycles. The van der Waals surface area contributed by atoms with Gasteiger partial charge in [-0.3, -0.25) is 0 Å². The molecule has 0 radical (unpaired) electrons. The van der Waals surface area contributed by atoms with Crippen LogP contribution < -0.4 is 15.4 Å². The maximum atomic E-state index is 12.6. The van der Waals surface area contributed by atoms with Gasteiger partial charge in [0.1, 0.15) is 5.75 Å². The number of nitrogens with one attached hydrogen (secondary N) is 2. The van der Waals surface area contributed by atoms with Crippen LogP contribution >= 0.6 is 0 Å². The lowest BCUT2D eigenvalue weighted by Crippen LogP contribution is -2.45. The predicted octanol–water partition coefficient (Wildman–Crippen LogP) is 3.66. The van der Waals surface area contributed by atoms with E-state index in [1.165, 1.54) is 7.11 Å². The Balaban J connectivity index is 2.06. The van der Waals surface area contributed by atoms with Crippen molar-refractivity contribution in [3.8, 4) is 5.75 Å². The Labute approximate surface area is 164 Å². The van der Waals surface area contributed by atoms with Crippen LogP contribution in [0.5, 0.6) is 5.75 Å². The minimum absolute atomic E-state index is 0.342. The first-order valence-corrected chi connectivity index (χ1v) is 9.17. The maximum absolute atomic E-state index is 12.6. The van der Waals surface area contributed by atoms with Crippen molar-refractivity contribution in [3.63, 3.8) is 0 Å². The van der Waals surface area contributed by atoms with Crippen molar-refractivity contribution in [3.05, 3.63) is 71.3 Å². The summed E-state index contributed by atoms with van der Waals surface area (Å²) < 4.78 is 10.8. The number of rotatable bonds is 6. The van der Waals surface area contributed by atoms with E-state index in [0.29, 0.717) is 29.5 Å². The van der Waals surface area contributed by atoms with E-state index >= 15 is 0 Å². The molecule has 0 saturated heterocycles. The highest BCUT2D eigenvalue weighted by molar-refractivity contribution is 6.04. The zero-order valence-electron chi connectivity index (χ0n) is 16.2. The molecule has 2 amide bonds. The fraction of sp³-hybridized carbons (Fsp3) is 0.273. The van der Waals surface area contributed by atoms with Crippen LogP contribution in [0.4, 0.5) is 4.79 Å². The summed E-state index contributed by atoms with van der Waals surface area (Å²) in [5.74, 6) is 0.562. The lowest BCUT2D eigenvalue weighted by atomic mass is 9.92. The Morgan fingerprint density at radius 1 is 1.11 bits per heavy atom. The molecule has 2 aromatic carbocycles. The van der Waals surface area contributed by atoms with E-state index < -0.39 is 12.0 Å². The number of carbonyl (C=O) groups excluding carboxylic acids is 2. The first-order chi connectivity index (χ1) is 13.5. The highest BCUT2D eigenvalue weighted by atomic mass is 16.5. The molecule has 1 aliphatic rings. The second-order valence-corrected chi connectivity index (χ2v) is 6.96. The summed E-state index contributed by atoms with van der Waals surface area (Å²) in [5, 5.41) is 5.58. The van der Waals surface area contributed by atoms with Gasteiger partial charge in [-0.2, -0.15) is 0 Å². The molecule has 146 valence electrons. The van der Waals surface area contributed by atoms with Crippen molar-refractivity contribution in [1.82, 2.24) is 10.6 Å². The van der Waals surface area contributed by atoms with E-state index in [-0.39, 0.29) is 6.03 Å². The Hall–Kier alpha value is -3.28. The van der Waals surface area contributed by atoms with E-state index in [9.17, 15) is 9.59 Å². The van der Waals surface area contributed by atoms with Gasteiger partial charge in [0, 0.05) is 0 Å². The second-order valence-electron chi connectivity index (χ2n) is 6.96. The monoisotopic (exact) mass is 380 g/mol. The quantitative estimate of drug-likeness (QED) is 0.750. The average Bonchev–Trinajstić information content (AvgIpc) is 2.72. The number of urea groups is 1. The second kappa shape index (κ2) is 8.61. The van der Waals surface area contributed by atoms with Crippen molar-refractivity contribution in [2.45, 2.75) is 19.9 Å². The summed E-state index contributed by atoms with van der Waals surface area (Å²) in [4.78, 5) is 25.0. The summed E-state index contributed by atoms with van der Waals surface area (Å²) in [6.45, 7) is 4.72. The predicted molar refractivity (Wildman–Crippen MR) is 107 cm³/mol. The molecule has 1 atom stereocenters. The number of hydrogen-bond donors (Lipinski definition) is 2. The molecule has 0 bridgehead atoms. The number of hydrogen-bond acceptors (Lipinski definition) is 4. The van der Waals surface area contributed by atoms with Crippen molar-refractivity contribution in [2.75, 3.05) is 13.7 Å². The number of methoxy groups -OCH3 is 1. The molecular weight excluding hydrogens is 356 g/mol. The standard InChI is InChI=1S/C22H24N2O4/c1-14(2)13-28-17-11-7-10-16(12-17)20-18(21(25)27-3)19(23-22(26)24-20)15-8-5-4-6-9-15/h4-12,14,20H,13H2,1-3H3,(H2,23,24,26). The fourth-order valence-corrected chi connectivity index (χ4v) is 3.02. The first-order valence-electron chi connectivity index (χ1n) is 9.17. The van der Waals surface area contributed by atoms with Crippen molar-refractivity contribution < 1.29 is 19.1 Å². The minimum atomic E-state index is -0.654. The lowest BCUT2D eigenvalue weighted by molar-refractivity contribution is -0.136. The molecular formula is C22H24N2O4. The minimum Gasteiger partial charge on any atom is -0.493 e. The molecule has 0 fully saturated rings. The molecule has 0 aliphatic carbocycles. The van der Waals surface area contributed by atoms with Crippen LogP contribution in [-0.4, -0.2) is 25.7 Å². The molecule has 6 nitrogen and oxygen atoms in total. The van der Waals surface area contributed by atoms with E-state index in [2.05, 4.69) is 24.5 Å². The van der Waals surface area contributed by atoms with E-state index in [1.807, 2.05) is 54.6 Å². The number of ether oxygens (including phenoxy) is 2. The average molecular weight is 380 g/mol. The number of benzene rings is 2. The number of amides is 2. The fourth-order valence-electron chi connectivity index (χ4n) is 3.02. The van der Waals surface area contributed by atoms with Crippen LogP contribution in [0.15, 0.2) is 60.2 Å². The van der Waals surface area contributed by atoms with E-state index in [0.717, 1.165) is 11.1 Å². The summed E-state index contributed by atoms with van der Waals surface area (Å²) >= 11 is 0. The molecule has 1 aliphatic heterocycles. The van der Waals surface area contributed by atoms with Gasteiger partial charge in [-0.25, -0.2) is 9.59 Å². The molecule has 6 heteroatoms. The topological polar surface area (TPSA) is 76.7 Å². The first kappa shape index (κ1) is 19.5. The van der Waals surface area contributed by atoms with Gasteiger partial charge in [-0.05, 0) is 29.2 Å². The molecule has 0 saturated carbocycles. The highest BCUT2D eigenvalue weighted by Crippen LogP contribution is 2.33. The molecule has 1 unspecified atom stereocenters. The molecule has 1 heterocycles. The van der Waals surface area contributed by atoms with Gasteiger partial charge in [0.15, 0.2) is 0 Å². The van der Waals surface area contributed by atoms with Gasteiger partial charge in [0.05, 0.1) is 31.0 Å². The summed E-state index contributed by atoms with van der Waals surface area (Å²) in [6.07, 6.45) is 0. The third-order valence-electron chi connectivity index (χ3n) is 4.31. The van der Waals surface area contributed by atoms with Crippen LogP contribution in [0.1, 0.15) is 31.0 Å². The number of carbonyl (C=O) groups is 2. The zero-order chi connectivity index (χ0) is 20.1. The number of esters is 1. The molecule has 3 rings (SSSR count). The third-order valence-corrected chi connectivity index (χ3v) is 4.31. The normalized spacial score (nSPS) is 16.4. The lowest BCUT2D eigenvalue weighted by Gasteiger charge is -2.29. The smallest absolute Gasteiger partial charge is 0.338 e. The van der Waals surface area contributed by atoms with Gasteiger partial charge in [0.25, 0.3) is 0 Å². The largest absolute Gasteiger partial charge is 0.493 e. The Morgan fingerprint density at radius 2 is 1.86 bits per heavy atom.